The third kappa shape index (κ3) is 3.06. The highest BCUT2D eigenvalue weighted by atomic mass is 32.1. The van der Waals surface area contributed by atoms with E-state index in [4.69, 9.17) is 0 Å². The Kier molecular flexibility index (Phi) is 4.33. The van der Waals surface area contributed by atoms with E-state index < -0.39 is 0 Å². The number of nitrogens with one attached hydrogen (secondary N) is 1. The van der Waals surface area contributed by atoms with Gasteiger partial charge in [-0.3, -0.25) is 4.79 Å². The van der Waals surface area contributed by atoms with Crippen molar-refractivity contribution in [2.24, 2.45) is 0 Å². The Hall–Kier alpha value is -0.830. The van der Waals surface area contributed by atoms with E-state index in [0.29, 0.717) is 0 Å². The lowest BCUT2D eigenvalue weighted by Crippen LogP contribution is -2.31. The number of amides is 1. The van der Waals surface area contributed by atoms with E-state index in [1.165, 1.54) is 10.4 Å². The molecule has 0 aliphatic carbocycles. The Bertz CT molecular complexity index is 343. The molecule has 0 saturated heterocycles. The molecule has 0 unspecified atom stereocenters. The van der Waals surface area contributed by atoms with Crippen molar-refractivity contribution in [3.05, 3.63) is 21.4 Å². The van der Waals surface area contributed by atoms with Crippen LogP contribution in [0.3, 0.4) is 0 Å². The maximum Gasteiger partial charge on any atom is 0.261 e. The molecular formula is C12H19NOS. The molecule has 0 aliphatic rings. The highest BCUT2D eigenvalue weighted by molar-refractivity contribution is 7.14. The van der Waals surface area contributed by atoms with Crippen molar-refractivity contribution in [3.63, 3.8) is 0 Å². The van der Waals surface area contributed by atoms with Gasteiger partial charge in [-0.25, -0.2) is 0 Å². The zero-order valence-electron chi connectivity index (χ0n) is 9.89. The lowest BCUT2D eigenvalue weighted by molar-refractivity contribution is 0.0943. The molecule has 1 aromatic rings. The molecule has 1 atom stereocenters. The molecule has 0 fully saturated rings. The summed E-state index contributed by atoms with van der Waals surface area (Å²) in [6.07, 6.45) is 1.98. The first kappa shape index (κ1) is 12.2. The van der Waals surface area contributed by atoms with Gasteiger partial charge >= 0.3 is 0 Å². The Balaban J connectivity index is 2.74. The van der Waals surface area contributed by atoms with E-state index in [1.807, 2.05) is 13.0 Å². The van der Waals surface area contributed by atoms with E-state index in [1.54, 1.807) is 11.3 Å². The summed E-state index contributed by atoms with van der Waals surface area (Å²) in [5.41, 5.74) is 1.23. The molecule has 2 nitrogen and oxygen atoms in total. The van der Waals surface area contributed by atoms with Crippen molar-refractivity contribution in [3.8, 4) is 0 Å². The second-order valence-corrected chi connectivity index (χ2v) is 4.99. The van der Waals surface area contributed by atoms with E-state index in [2.05, 4.69) is 26.1 Å². The van der Waals surface area contributed by atoms with E-state index in [0.717, 1.165) is 17.7 Å². The molecule has 0 aliphatic heterocycles. The predicted molar refractivity (Wildman–Crippen MR) is 65.7 cm³/mol. The van der Waals surface area contributed by atoms with E-state index in [-0.39, 0.29) is 11.9 Å². The van der Waals surface area contributed by atoms with Crippen molar-refractivity contribution in [2.75, 3.05) is 0 Å². The van der Waals surface area contributed by atoms with Gasteiger partial charge in [-0.1, -0.05) is 13.8 Å². The Labute approximate surface area is 95.7 Å². The summed E-state index contributed by atoms with van der Waals surface area (Å²) < 4.78 is 0. The van der Waals surface area contributed by atoms with Gasteiger partial charge in [0.1, 0.15) is 0 Å². The van der Waals surface area contributed by atoms with Gasteiger partial charge in [0.05, 0.1) is 4.88 Å². The van der Waals surface area contributed by atoms with Crippen molar-refractivity contribution in [1.82, 2.24) is 5.32 Å². The summed E-state index contributed by atoms with van der Waals surface area (Å²) in [7, 11) is 0. The Morgan fingerprint density at radius 1 is 1.53 bits per heavy atom. The summed E-state index contributed by atoms with van der Waals surface area (Å²) in [4.78, 5) is 13.9. The van der Waals surface area contributed by atoms with Gasteiger partial charge in [0.25, 0.3) is 5.91 Å². The fourth-order valence-electron chi connectivity index (χ4n) is 1.38. The number of rotatable bonds is 4. The summed E-state index contributed by atoms with van der Waals surface area (Å²) in [5, 5.41) is 2.98. The van der Waals surface area contributed by atoms with Gasteiger partial charge in [-0.05, 0) is 38.3 Å². The van der Waals surface area contributed by atoms with Crippen LogP contribution in [0, 0.1) is 6.92 Å². The molecule has 0 bridgehead atoms. The number of hydrogen-bond acceptors (Lipinski definition) is 2. The van der Waals surface area contributed by atoms with Crippen LogP contribution in [0.4, 0.5) is 0 Å². The van der Waals surface area contributed by atoms with Crippen molar-refractivity contribution >= 4 is 17.2 Å². The number of carbonyl (C=O) groups is 1. The second kappa shape index (κ2) is 5.31. The summed E-state index contributed by atoms with van der Waals surface area (Å²) in [5.74, 6) is 0.0668. The van der Waals surface area contributed by atoms with Gasteiger partial charge in [-0.2, -0.15) is 0 Å². The topological polar surface area (TPSA) is 29.1 Å². The van der Waals surface area contributed by atoms with Gasteiger partial charge in [0, 0.05) is 10.9 Å². The minimum atomic E-state index is 0.0668. The monoisotopic (exact) mass is 225 g/mol. The minimum Gasteiger partial charge on any atom is -0.349 e. The number of thiophene rings is 1. The Morgan fingerprint density at radius 3 is 2.67 bits per heavy atom. The zero-order valence-corrected chi connectivity index (χ0v) is 10.7. The molecule has 1 N–H and O–H groups in total. The number of aryl methyl sites for hydroxylation is 2. The largest absolute Gasteiger partial charge is 0.349 e. The molecule has 15 heavy (non-hydrogen) atoms. The molecule has 3 heteroatoms. The summed E-state index contributed by atoms with van der Waals surface area (Å²) in [6.45, 7) is 8.28. The second-order valence-electron chi connectivity index (χ2n) is 3.85. The molecule has 0 spiro atoms. The van der Waals surface area contributed by atoms with Crippen LogP contribution < -0.4 is 5.32 Å². The fourth-order valence-corrected chi connectivity index (χ4v) is 2.40. The highest BCUT2D eigenvalue weighted by Crippen LogP contribution is 2.22. The molecule has 0 aromatic carbocycles. The van der Waals surface area contributed by atoms with Crippen LogP contribution >= 0.6 is 11.3 Å². The molecule has 0 saturated carbocycles. The van der Waals surface area contributed by atoms with Gasteiger partial charge in [0.2, 0.25) is 0 Å². The van der Waals surface area contributed by atoms with Crippen LogP contribution in [-0.2, 0) is 6.42 Å². The van der Waals surface area contributed by atoms with Crippen LogP contribution in [0.15, 0.2) is 6.07 Å². The van der Waals surface area contributed by atoms with Crippen LogP contribution in [0.25, 0.3) is 0 Å². The lowest BCUT2D eigenvalue weighted by Gasteiger charge is -2.09. The normalized spacial score (nSPS) is 12.5. The molecule has 1 rings (SSSR count). The maximum absolute atomic E-state index is 11.8. The SMILES string of the molecule is CCc1sc(C(=O)N[C@H](C)CC)cc1C. The average Bonchev–Trinajstić information content (AvgIpc) is 2.59. The first-order chi connectivity index (χ1) is 7.08. The molecular weight excluding hydrogens is 206 g/mol. The van der Waals surface area contributed by atoms with Crippen molar-refractivity contribution in [1.29, 1.82) is 0 Å². The number of carbonyl (C=O) groups excluding carboxylic acids is 1. The maximum atomic E-state index is 11.8. The van der Waals surface area contributed by atoms with E-state index >= 15 is 0 Å². The van der Waals surface area contributed by atoms with Gasteiger partial charge in [0.15, 0.2) is 0 Å². The standard InChI is InChI=1S/C12H19NOS/c1-5-9(4)13-12(14)11-7-8(3)10(6-2)15-11/h7,9H,5-6H2,1-4H3,(H,13,14)/t9-/m1/s1. The molecule has 0 radical (unpaired) electrons. The van der Waals surface area contributed by atoms with Crippen LogP contribution in [-0.4, -0.2) is 11.9 Å². The quantitative estimate of drug-likeness (QED) is 0.838. The average molecular weight is 225 g/mol. The third-order valence-corrected chi connectivity index (χ3v) is 3.94. The van der Waals surface area contributed by atoms with Gasteiger partial charge < -0.3 is 5.32 Å². The fraction of sp³-hybridized carbons (Fsp3) is 0.583. The molecule has 1 amide bonds. The molecule has 84 valence electrons. The first-order valence-electron chi connectivity index (χ1n) is 5.48. The van der Waals surface area contributed by atoms with Crippen molar-refractivity contribution in [2.45, 2.75) is 46.6 Å². The summed E-state index contributed by atoms with van der Waals surface area (Å²) >= 11 is 1.61. The van der Waals surface area contributed by atoms with Crippen LogP contribution in [0.1, 0.15) is 47.3 Å². The minimum absolute atomic E-state index is 0.0668. The number of hydrogen-bond donors (Lipinski definition) is 1. The lowest BCUT2D eigenvalue weighted by atomic mass is 10.2. The highest BCUT2D eigenvalue weighted by Gasteiger charge is 2.12. The molecule has 1 aromatic heterocycles. The van der Waals surface area contributed by atoms with Crippen LogP contribution in [0.5, 0.6) is 0 Å². The molecule has 1 heterocycles. The predicted octanol–water partition coefficient (Wildman–Crippen LogP) is 3.15. The van der Waals surface area contributed by atoms with E-state index in [9.17, 15) is 4.79 Å². The van der Waals surface area contributed by atoms with Gasteiger partial charge in [-0.15, -0.1) is 11.3 Å². The third-order valence-electron chi connectivity index (χ3n) is 2.56. The van der Waals surface area contributed by atoms with Crippen molar-refractivity contribution < 1.29 is 4.79 Å². The first-order valence-corrected chi connectivity index (χ1v) is 6.30. The van der Waals surface area contributed by atoms with Crippen LogP contribution in [0.2, 0.25) is 0 Å². The zero-order chi connectivity index (χ0) is 11.4. The smallest absolute Gasteiger partial charge is 0.261 e. The summed E-state index contributed by atoms with van der Waals surface area (Å²) in [6, 6.07) is 2.24. The Morgan fingerprint density at radius 2 is 2.20 bits per heavy atom.